The number of amides is 2. The molecular weight excluding hydrogens is 458 g/mol. The number of nitrogens with zero attached hydrogens (tertiary/aromatic N) is 1. The van der Waals surface area contributed by atoms with Gasteiger partial charge in [0.25, 0.3) is 11.8 Å². The number of rotatable bonds is 5. The second-order valence-corrected chi connectivity index (χ2v) is 8.28. The summed E-state index contributed by atoms with van der Waals surface area (Å²) in [5, 5.41) is 5.72. The highest BCUT2D eigenvalue weighted by Gasteiger charge is 2.23. The Labute approximate surface area is 189 Å². The number of carbonyl (C=O) groups is 2. The molecular formula is C24H22BrN3O3. The molecule has 0 saturated carbocycles. The van der Waals surface area contributed by atoms with Crippen LogP contribution in [0.5, 0.6) is 0 Å². The molecule has 1 aliphatic rings. The van der Waals surface area contributed by atoms with Crippen molar-refractivity contribution in [2.45, 2.75) is 25.9 Å². The number of aryl methyl sites for hydroxylation is 1. The molecule has 1 saturated heterocycles. The molecule has 4 rings (SSSR count). The molecule has 1 atom stereocenters. The average Bonchev–Trinajstić information content (AvgIpc) is 3.30. The standard InChI is InChI=1S/C24H22BrN3O3/c1-15-20(11-12-21(26-15)16-4-2-5-17(25)14-16)23(29)27-18-7-9-19(10-8-18)28-24(30)22-6-3-13-31-22/h2,4-5,7-12,14,22H,3,6,13H2,1H3,(H,27,29)(H,28,30). The lowest BCUT2D eigenvalue weighted by molar-refractivity contribution is -0.124. The van der Waals surface area contributed by atoms with E-state index in [1.807, 2.05) is 37.3 Å². The third-order valence-electron chi connectivity index (χ3n) is 5.08. The van der Waals surface area contributed by atoms with Crippen LogP contribution in [0.1, 0.15) is 28.9 Å². The van der Waals surface area contributed by atoms with Crippen LogP contribution in [0.15, 0.2) is 65.1 Å². The van der Waals surface area contributed by atoms with E-state index in [0.717, 1.165) is 28.6 Å². The van der Waals surface area contributed by atoms with Crippen molar-refractivity contribution >= 4 is 39.1 Å². The number of pyridine rings is 1. The molecule has 1 aliphatic heterocycles. The molecule has 3 aromatic rings. The molecule has 1 fully saturated rings. The summed E-state index contributed by atoms with van der Waals surface area (Å²) >= 11 is 3.47. The molecule has 158 valence electrons. The van der Waals surface area contributed by atoms with E-state index in [2.05, 4.69) is 31.5 Å². The number of ether oxygens (including phenoxy) is 1. The van der Waals surface area contributed by atoms with E-state index < -0.39 is 0 Å². The molecule has 7 heteroatoms. The summed E-state index contributed by atoms with van der Waals surface area (Å²) in [7, 11) is 0. The third-order valence-corrected chi connectivity index (χ3v) is 5.58. The van der Waals surface area contributed by atoms with Crippen molar-refractivity contribution in [1.82, 2.24) is 4.98 Å². The normalized spacial score (nSPS) is 15.5. The molecule has 0 radical (unpaired) electrons. The minimum Gasteiger partial charge on any atom is -0.368 e. The maximum atomic E-state index is 12.7. The van der Waals surface area contributed by atoms with E-state index in [-0.39, 0.29) is 17.9 Å². The number of anilines is 2. The largest absolute Gasteiger partial charge is 0.368 e. The Morgan fingerprint density at radius 3 is 2.42 bits per heavy atom. The predicted molar refractivity (Wildman–Crippen MR) is 124 cm³/mol. The Morgan fingerprint density at radius 2 is 1.77 bits per heavy atom. The fourth-order valence-electron chi connectivity index (χ4n) is 3.45. The summed E-state index contributed by atoms with van der Waals surface area (Å²) in [6.45, 7) is 2.45. The highest BCUT2D eigenvalue weighted by atomic mass is 79.9. The second kappa shape index (κ2) is 9.41. The number of halogens is 1. The van der Waals surface area contributed by atoms with Crippen molar-refractivity contribution in [2.24, 2.45) is 0 Å². The molecule has 6 nitrogen and oxygen atoms in total. The lowest BCUT2D eigenvalue weighted by Crippen LogP contribution is -2.26. The van der Waals surface area contributed by atoms with Gasteiger partial charge in [-0.2, -0.15) is 0 Å². The third kappa shape index (κ3) is 5.18. The van der Waals surface area contributed by atoms with Gasteiger partial charge in [-0.25, -0.2) is 0 Å². The van der Waals surface area contributed by atoms with Gasteiger partial charge in [-0.15, -0.1) is 0 Å². The van der Waals surface area contributed by atoms with Gasteiger partial charge in [0.1, 0.15) is 6.10 Å². The monoisotopic (exact) mass is 479 g/mol. The van der Waals surface area contributed by atoms with Gasteiger partial charge in [0.05, 0.1) is 17.0 Å². The molecule has 0 bridgehead atoms. The van der Waals surface area contributed by atoms with E-state index in [1.165, 1.54) is 0 Å². The SMILES string of the molecule is Cc1nc(-c2cccc(Br)c2)ccc1C(=O)Nc1ccc(NC(=O)C2CCCO2)cc1. The quantitative estimate of drug-likeness (QED) is 0.527. The number of carbonyl (C=O) groups excluding carboxylic acids is 2. The summed E-state index contributed by atoms with van der Waals surface area (Å²) in [4.78, 5) is 29.5. The van der Waals surface area contributed by atoms with E-state index in [0.29, 0.717) is 29.2 Å². The number of hydrogen-bond acceptors (Lipinski definition) is 4. The second-order valence-electron chi connectivity index (χ2n) is 7.36. The van der Waals surface area contributed by atoms with Gasteiger partial charge >= 0.3 is 0 Å². The molecule has 1 unspecified atom stereocenters. The lowest BCUT2D eigenvalue weighted by atomic mass is 10.1. The molecule has 2 aromatic carbocycles. The molecule has 2 heterocycles. The summed E-state index contributed by atoms with van der Waals surface area (Å²) in [6, 6.07) is 18.5. The van der Waals surface area contributed by atoms with Gasteiger partial charge in [0.2, 0.25) is 0 Å². The fourth-order valence-corrected chi connectivity index (χ4v) is 3.85. The topological polar surface area (TPSA) is 80.3 Å². The Morgan fingerprint density at radius 1 is 1.03 bits per heavy atom. The number of benzene rings is 2. The van der Waals surface area contributed by atoms with Gasteiger partial charge in [-0.3, -0.25) is 14.6 Å². The van der Waals surface area contributed by atoms with Gasteiger partial charge < -0.3 is 15.4 Å². The van der Waals surface area contributed by atoms with Crippen LogP contribution in [-0.4, -0.2) is 29.5 Å². The Balaban J connectivity index is 1.41. The highest BCUT2D eigenvalue weighted by molar-refractivity contribution is 9.10. The molecule has 1 aromatic heterocycles. The van der Waals surface area contributed by atoms with E-state index in [4.69, 9.17) is 4.74 Å². The number of nitrogens with one attached hydrogen (secondary N) is 2. The zero-order valence-corrected chi connectivity index (χ0v) is 18.6. The smallest absolute Gasteiger partial charge is 0.257 e. The van der Waals surface area contributed by atoms with E-state index in [1.54, 1.807) is 30.3 Å². The van der Waals surface area contributed by atoms with Crippen molar-refractivity contribution in [3.63, 3.8) is 0 Å². The van der Waals surface area contributed by atoms with Crippen molar-refractivity contribution in [2.75, 3.05) is 17.2 Å². The lowest BCUT2D eigenvalue weighted by Gasteiger charge is -2.12. The Hall–Kier alpha value is -3.03. The minimum atomic E-state index is -0.380. The predicted octanol–water partition coefficient (Wildman–Crippen LogP) is 5.19. The van der Waals surface area contributed by atoms with Crippen LogP contribution in [0.3, 0.4) is 0 Å². The first-order chi connectivity index (χ1) is 15.0. The summed E-state index contributed by atoms with van der Waals surface area (Å²) in [6.07, 6.45) is 1.27. The van der Waals surface area contributed by atoms with E-state index >= 15 is 0 Å². The van der Waals surface area contributed by atoms with Crippen LogP contribution in [-0.2, 0) is 9.53 Å². The van der Waals surface area contributed by atoms with Crippen LogP contribution >= 0.6 is 15.9 Å². The summed E-state index contributed by atoms with van der Waals surface area (Å²) in [5.74, 6) is -0.372. The summed E-state index contributed by atoms with van der Waals surface area (Å²) < 4.78 is 6.36. The fraction of sp³-hybridized carbons (Fsp3) is 0.208. The molecule has 0 spiro atoms. The van der Waals surface area contributed by atoms with Crippen molar-refractivity contribution in [1.29, 1.82) is 0 Å². The van der Waals surface area contributed by atoms with Gasteiger partial charge in [0.15, 0.2) is 0 Å². The van der Waals surface area contributed by atoms with Gasteiger partial charge in [0, 0.05) is 28.0 Å². The van der Waals surface area contributed by atoms with Gasteiger partial charge in [-0.05, 0) is 68.3 Å². The number of hydrogen-bond donors (Lipinski definition) is 2. The maximum absolute atomic E-state index is 12.7. The minimum absolute atomic E-state index is 0.137. The van der Waals surface area contributed by atoms with Crippen molar-refractivity contribution in [3.05, 3.63) is 76.4 Å². The molecule has 2 N–H and O–H groups in total. The van der Waals surface area contributed by atoms with Crippen LogP contribution in [0.2, 0.25) is 0 Å². The van der Waals surface area contributed by atoms with Crippen LogP contribution in [0.25, 0.3) is 11.3 Å². The molecule has 0 aliphatic carbocycles. The number of aromatic nitrogens is 1. The zero-order valence-electron chi connectivity index (χ0n) is 17.0. The van der Waals surface area contributed by atoms with Crippen LogP contribution < -0.4 is 10.6 Å². The van der Waals surface area contributed by atoms with Crippen molar-refractivity contribution in [3.8, 4) is 11.3 Å². The Kier molecular flexibility index (Phi) is 6.44. The Bertz CT molecular complexity index is 1110. The van der Waals surface area contributed by atoms with Gasteiger partial charge in [-0.1, -0.05) is 28.1 Å². The highest BCUT2D eigenvalue weighted by Crippen LogP contribution is 2.23. The maximum Gasteiger partial charge on any atom is 0.257 e. The average molecular weight is 480 g/mol. The molecule has 2 amide bonds. The van der Waals surface area contributed by atoms with E-state index in [9.17, 15) is 9.59 Å². The van der Waals surface area contributed by atoms with Crippen molar-refractivity contribution < 1.29 is 14.3 Å². The first-order valence-electron chi connectivity index (χ1n) is 10.1. The van der Waals surface area contributed by atoms with Crippen LogP contribution in [0, 0.1) is 6.92 Å². The first-order valence-corrected chi connectivity index (χ1v) is 10.9. The van der Waals surface area contributed by atoms with Crippen LogP contribution in [0.4, 0.5) is 11.4 Å². The first kappa shape index (κ1) is 21.2. The summed E-state index contributed by atoms with van der Waals surface area (Å²) in [5.41, 5.74) is 4.24. The molecule has 31 heavy (non-hydrogen) atoms. The zero-order chi connectivity index (χ0) is 21.8.